The van der Waals surface area contributed by atoms with Crippen molar-refractivity contribution in [2.75, 3.05) is 18.5 Å². The van der Waals surface area contributed by atoms with Gasteiger partial charge in [0.25, 0.3) is 5.69 Å². The van der Waals surface area contributed by atoms with Gasteiger partial charge in [0.2, 0.25) is 0 Å². The summed E-state index contributed by atoms with van der Waals surface area (Å²) in [6, 6.07) is 5.67. The average Bonchev–Trinajstić information content (AvgIpc) is 2.82. The molecule has 0 aliphatic carbocycles. The van der Waals surface area contributed by atoms with E-state index in [1.165, 1.54) is 18.2 Å². The maximum absolute atomic E-state index is 11.5. The molecule has 0 aromatic heterocycles. The van der Waals surface area contributed by atoms with E-state index in [2.05, 4.69) is 5.32 Å². The molecule has 96 valence electrons. The Morgan fingerprint density at radius 1 is 1.56 bits per heavy atom. The van der Waals surface area contributed by atoms with E-state index in [-0.39, 0.29) is 11.8 Å². The molecular weight excluding hydrogens is 240 g/mol. The van der Waals surface area contributed by atoms with Crippen LogP contribution < -0.4 is 5.32 Å². The minimum absolute atomic E-state index is 0.0861. The van der Waals surface area contributed by atoms with E-state index >= 15 is 0 Å². The van der Waals surface area contributed by atoms with Gasteiger partial charge >= 0.3 is 6.09 Å². The number of anilines is 1. The van der Waals surface area contributed by atoms with E-state index in [9.17, 15) is 14.9 Å². The zero-order valence-corrected chi connectivity index (χ0v) is 9.50. The second-order valence-electron chi connectivity index (χ2n) is 3.82. The second kappa shape index (κ2) is 5.46. The molecule has 0 radical (unpaired) electrons. The maximum Gasteiger partial charge on any atom is 0.411 e. The highest BCUT2D eigenvalue weighted by molar-refractivity contribution is 5.85. The number of nitro benzene ring substituents is 1. The summed E-state index contributed by atoms with van der Waals surface area (Å²) in [5.74, 6) is 0. The molecule has 1 aromatic carbocycles. The lowest BCUT2D eigenvalue weighted by Crippen LogP contribution is -2.22. The first-order valence-corrected chi connectivity index (χ1v) is 5.45. The van der Waals surface area contributed by atoms with Gasteiger partial charge < -0.3 is 9.47 Å². The van der Waals surface area contributed by atoms with Crippen molar-refractivity contribution in [3.8, 4) is 0 Å². The molecule has 1 unspecified atom stereocenters. The van der Waals surface area contributed by atoms with Crippen LogP contribution in [0.3, 0.4) is 0 Å². The Hall–Kier alpha value is -2.15. The number of hydrogen-bond acceptors (Lipinski definition) is 5. The molecular formula is C11H12N2O5. The first-order valence-electron chi connectivity index (χ1n) is 5.45. The van der Waals surface area contributed by atoms with Crippen LogP contribution in [0.4, 0.5) is 16.2 Å². The molecule has 7 heteroatoms. The topological polar surface area (TPSA) is 90.7 Å². The van der Waals surface area contributed by atoms with Crippen molar-refractivity contribution in [3.63, 3.8) is 0 Å². The highest BCUT2D eigenvalue weighted by Crippen LogP contribution is 2.17. The zero-order valence-electron chi connectivity index (χ0n) is 9.50. The Bertz CT molecular complexity index is 457. The first kappa shape index (κ1) is 12.3. The van der Waals surface area contributed by atoms with Gasteiger partial charge in [-0.2, -0.15) is 0 Å². The Balaban J connectivity index is 1.93. The summed E-state index contributed by atoms with van der Waals surface area (Å²) in [5, 5.41) is 13.0. The first-order chi connectivity index (χ1) is 8.65. The van der Waals surface area contributed by atoms with E-state index in [1.807, 2.05) is 0 Å². The van der Waals surface area contributed by atoms with Crippen molar-refractivity contribution in [2.24, 2.45) is 0 Å². The standard InChI is InChI=1S/C11H12N2O5/c14-11(18-10-4-5-17-7-10)12-8-2-1-3-9(6-8)13(15)16/h1-3,6,10H,4-5,7H2,(H,12,14). The number of non-ortho nitro benzene ring substituents is 1. The monoisotopic (exact) mass is 252 g/mol. The van der Waals surface area contributed by atoms with Crippen molar-refractivity contribution < 1.29 is 19.2 Å². The fourth-order valence-electron chi connectivity index (χ4n) is 1.60. The summed E-state index contributed by atoms with van der Waals surface area (Å²) >= 11 is 0. The minimum atomic E-state index is -0.633. The molecule has 1 aromatic rings. The van der Waals surface area contributed by atoms with Crippen LogP contribution in [0.15, 0.2) is 24.3 Å². The molecule has 18 heavy (non-hydrogen) atoms. The summed E-state index contributed by atoms with van der Waals surface area (Å²) in [6.45, 7) is 0.969. The summed E-state index contributed by atoms with van der Waals surface area (Å²) < 4.78 is 10.1. The third-order valence-corrected chi connectivity index (χ3v) is 2.46. The van der Waals surface area contributed by atoms with E-state index in [0.717, 1.165) is 0 Å². The molecule has 2 rings (SSSR count). The number of amides is 1. The summed E-state index contributed by atoms with van der Waals surface area (Å²) in [6.07, 6.45) is -0.211. The molecule has 1 saturated heterocycles. The lowest BCUT2D eigenvalue weighted by atomic mass is 10.3. The van der Waals surface area contributed by atoms with E-state index in [0.29, 0.717) is 25.3 Å². The Morgan fingerprint density at radius 3 is 3.06 bits per heavy atom. The fourth-order valence-corrected chi connectivity index (χ4v) is 1.60. The molecule has 1 atom stereocenters. The molecule has 1 amide bonds. The van der Waals surface area contributed by atoms with Crippen LogP contribution in [0.5, 0.6) is 0 Å². The third kappa shape index (κ3) is 3.17. The maximum atomic E-state index is 11.5. The van der Waals surface area contributed by atoms with Gasteiger partial charge in [-0.05, 0) is 6.07 Å². The SMILES string of the molecule is O=C(Nc1cccc([N+](=O)[O-])c1)OC1CCOC1. The lowest BCUT2D eigenvalue weighted by Gasteiger charge is -2.10. The van der Waals surface area contributed by atoms with Crippen molar-refractivity contribution in [1.82, 2.24) is 0 Å². The van der Waals surface area contributed by atoms with Crippen LogP contribution in [0.1, 0.15) is 6.42 Å². The molecule has 1 fully saturated rings. The van der Waals surface area contributed by atoms with Gasteiger partial charge in [0.1, 0.15) is 6.10 Å². The van der Waals surface area contributed by atoms with Gasteiger partial charge in [-0.1, -0.05) is 6.07 Å². The summed E-state index contributed by atoms with van der Waals surface area (Å²) in [7, 11) is 0. The molecule has 1 heterocycles. The number of nitrogens with one attached hydrogen (secondary N) is 1. The molecule has 0 saturated carbocycles. The van der Waals surface area contributed by atoms with Crippen LogP contribution in [-0.4, -0.2) is 30.3 Å². The highest BCUT2D eigenvalue weighted by Gasteiger charge is 2.20. The number of carbonyl (C=O) groups is 1. The predicted molar refractivity (Wildman–Crippen MR) is 62.4 cm³/mol. The average molecular weight is 252 g/mol. The van der Waals surface area contributed by atoms with Gasteiger partial charge in [0, 0.05) is 18.6 Å². The van der Waals surface area contributed by atoms with Crippen LogP contribution >= 0.6 is 0 Å². The quantitative estimate of drug-likeness (QED) is 0.655. The Kier molecular flexibility index (Phi) is 3.73. The van der Waals surface area contributed by atoms with Crippen molar-refractivity contribution in [2.45, 2.75) is 12.5 Å². The Labute approximate surface area is 103 Å². The van der Waals surface area contributed by atoms with Gasteiger partial charge in [0.05, 0.1) is 23.8 Å². The van der Waals surface area contributed by atoms with E-state index in [1.54, 1.807) is 6.07 Å². The molecule has 0 bridgehead atoms. The van der Waals surface area contributed by atoms with Crippen molar-refractivity contribution in [3.05, 3.63) is 34.4 Å². The Morgan fingerprint density at radius 2 is 2.39 bits per heavy atom. The smallest absolute Gasteiger partial charge is 0.411 e. The number of rotatable bonds is 3. The molecule has 7 nitrogen and oxygen atoms in total. The van der Waals surface area contributed by atoms with E-state index < -0.39 is 11.0 Å². The zero-order chi connectivity index (χ0) is 13.0. The van der Waals surface area contributed by atoms with Crippen LogP contribution in [-0.2, 0) is 9.47 Å². The van der Waals surface area contributed by atoms with Crippen LogP contribution in [0, 0.1) is 10.1 Å². The normalized spacial score (nSPS) is 18.3. The van der Waals surface area contributed by atoms with Crippen LogP contribution in [0.25, 0.3) is 0 Å². The number of nitro groups is 1. The van der Waals surface area contributed by atoms with Gasteiger partial charge in [-0.3, -0.25) is 15.4 Å². The fraction of sp³-hybridized carbons (Fsp3) is 0.364. The molecule has 1 aliphatic heterocycles. The second-order valence-corrected chi connectivity index (χ2v) is 3.82. The van der Waals surface area contributed by atoms with E-state index in [4.69, 9.17) is 9.47 Å². The van der Waals surface area contributed by atoms with Gasteiger partial charge in [-0.25, -0.2) is 4.79 Å². The van der Waals surface area contributed by atoms with Crippen LogP contribution in [0.2, 0.25) is 0 Å². The van der Waals surface area contributed by atoms with Gasteiger partial charge in [-0.15, -0.1) is 0 Å². The molecule has 0 spiro atoms. The number of benzene rings is 1. The summed E-state index contributed by atoms with van der Waals surface area (Å²) in [5.41, 5.74) is 0.241. The van der Waals surface area contributed by atoms with Crippen molar-refractivity contribution in [1.29, 1.82) is 0 Å². The largest absolute Gasteiger partial charge is 0.443 e. The highest BCUT2D eigenvalue weighted by atomic mass is 16.6. The molecule has 1 aliphatic rings. The van der Waals surface area contributed by atoms with Crippen molar-refractivity contribution >= 4 is 17.5 Å². The number of hydrogen-bond donors (Lipinski definition) is 1. The predicted octanol–water partition coefficient (Wildman–Crippen LogP) is 1.93. The van der Waals surface area contributed by atoms with Gasteiger partial charge in [0.15, 0.2) is 0 Å². The molecule has 1 N–H and O–H groups in total. The number of carbonyl (C=O) groups excluding carboxylic acids is 1. The number of ether oxygens (including phenoxy) is 2. The minimum Gasteiger partial charge on any atom is -0.443 e. The number of nitrogens with zero attached hydrogens (tertiary/aromatic N) is 1. The lowest BCUT2D eigenvalue weighted by molar-refractivity contribution is -0.384. The summed E-state index contributed by atoms with van der Waals surface area (Å²) in [4.78, 5) is 21.5. The third-order valence-electron chi connectivity index (χ3n) is 2.46.